The Bertz CT molecular complexity index is 1230. The zero-order valence-corrected chi connectivity index (χ0v) is 28.8. The molecule has 3 atom stereocenters. The summed E-state index contributed by atoms with van der Waals surface area (Å²) in [6, 6.07) is 0.185. The van der Waals surface area contributed by atoms with E-state index in [0.717, 1.165) is 38.8 Å². The summed E-state index contributed by atoms with van der Waals surface area (Å²) >= 11 is 0. The Balaban J connectivity index is 1.35. The zero-order valence-electron chi connectivity index (χ0n) is 27.9. The summed E-state index contributed by atoms with van der Waals surface area (Å²) in [4.78, 5) is 58.6. The Hall–Kier alpha value is -2.88. The number of nitrogens with two attached hydrogens (primary N) is 1. The molecule has 3 N–H and O–H groups in total. The Labute approximate surface area is 276 Å². The molecule has 1 aromatic heterocycles. The third-order valence-electron chi connectivity index (χ3n) is 7.78. The normalized spacial score (nSPS) is 18.0. The van der Waals surface area contributed by atoms with E-state index in [1.807, 2.05) is 6.92 Å². The lowest BCUT2D eigenvalue weighted by molar-refractivity contribution is -0.162. The number of likely N-dealkylation sites (tertiary alicyclic amines) is 1. The van der Waals surface area contributed by atoms with E-state index in [-0.39, 0.29) is 82.1 Å². The van der Waals surface area contributed by atoms with Gasteiger partial charge in [-0.25, -0.2) is 4.57 Å². The molecule has 0 radical (unpaired) electrons. The minimum Gasteiger partial charge on any atom is -0.462 e. The van der Waals surface area contributed by atoms with Crippen LogP contribution in [0.25, 0.3) is 0 Å². The first-order chi connectivity index (χ1) is 22.4. The first-order valence-corrected chi connectivity index (χ1v) is 17.8. The predicted molar refractivity (Wildman–Crippen MR) is 171 cm³/mol. The molecular weight excluding hydrogens is 637 g/mol. The van der Waals surface area contributed by atoms with Crippen LogP contribution in [-0.4, -0.2) is 109 Å². The zero-order chi connectivity index (χ0) is 34.4. The molecule has 0 aliphatic carbocycles. The van der Waals surface area contributed by atoms with Crippen LogP contribution in [0.2, 0.25) is 0 Å². The lowest BCUT2D eigenvalue weighted by Gasteiger charge is -2.33. The van der Waals surface area contributed by atoms with E-state index < -0.39 is 25.9 Å². The van der Waals surface area contributed by atoms with Gasteiger partial charge >= 0.3 is 25.8 Å². The first-order valence-electron chi connectivity index (χ1n) is 16.3. The molecule has 1 fully saturated rings. The van der Waals surface area contributed by atoms with Crippen molar-refractivity contribution in [1.82, 2.24) is 14.9 Å². The van der Waals surface area contributed by atoms with Crippen molar-refractivity contribution in [2.75, 3.05) is 69.8 Å². The molecule has 266 valence electrons. The van der Waals surface area contributed by atoms with Gasteiger partial charge in [0.15, 0.2) is 6.10 Å². The lowest BCUT2D eigenvalue weighted by Crippen LogP contribution is -2.41. The van der Waals surface area contributed by atoms with Crippen LogP contribution in [0.15, 0.2) is 0 Å². The maximum absolute atomic E-state index is 12.9. The highest BCUT2D eigenvalue weighted by Gasteiger charge is 2.35. The summed E-state index contributed by atoms with van der Waals surface area (Å²) in [5.41, 5.74) is 6.80. The lowest BCUT2D eigenvalue weighted by atomic mass is 9.96. The number of fused-ring (bicyclic) bond motifs is 1. The van der Waals surface area contributed by atoms with Gasteiger partial charge in [-0.1, -0.05) is 27.2 Å². The summed E-state index contributed by atoms with van der Waals surface area (Å²) < 4.78 is 43.9. The summed E-state index contributed by atoms with van der Waals surface area (Å²) in [6.07, 6.45) is 3.11. The molecule has 1 saturated heterocycles. The van der Waals surface area contributed by atoms with Crippen molar-refractivity contribution in [1.29, 1.82) is 0 Å². The molecule has 47 heavy (non-hydrogen) atoms. The molecule has 1 aromatic rings. The maximum Gasteiger partial charge on any atom is 0.472 e. The highest BCUT2D eigenvalue weighted by Crippen LogP contribution is 2.43. The molecule has 3 heterocycles. The fraction of sp³-hybridized carbons (Fsp3) is 0.767. The van der Waals surface area contributed by atoms with Gasteiger partial charge in [-0.05, 0) is 45.2 Å². The molecule has 16 nitrogen and oxygen atoms in total. The summed E-state index contributed by atoms with van der Waals surface area (Å²) in [5.74, 6) is 0.0850. The highest BCUT2D eigenvalue weighted by atomic mass is 31.2. The van der Waals surface area contributed by atoms with E-state index in [1.54, 1.807) is 18.7 Å². The standard InChI is InChI=1S/C30H50N5O11P/c1-5-8-21(4)45-30-32-28(31)24-17-25(36)35(29(24)33-30)18-22-9-11-34(12-10-22)13-14-43-47(39,40)44-16-15-41-19-23(46-27(38)7-3)20-42-26(37)6-2/h21-23H,5-20H2,1-4H3,(H,39,40)(H2,31,32,33)/t21-,23-/m0/s1. The van der Waals surface area contributed by atoms with Crippen LogP contribution in [0.1, 0.15) is 71.8 Å². The van der Waals surface area contributed by atoms with Crippen molar-refractivity contribution < 1.29 is 51.8 Å². The van der Waals surface area contributed by atoms with Gasteiger partial charge in [0.25, 0.3) is 0 Å². The number of phosphoric ester groups is 1. The summed E-state index contributed by atoms with van der Waals surface area (Å²) in [5, 5.41) is 0. The van der Waals surface area contributed by atoms with Gasteiger partial charge in [0.2, 0.25) is 5.91 Å². The molecule has 0 aromatic carbocycles. The van der Waals surface area contributed by atoms with Gasteiger partial charge in [-0.2, -0.15) is 9.97 Å². The monoisotopic (exact) mass is 687 g/mol. The average molecular weight is 688 g/mol. The van der Waals surface area contributed by atoms with Crippen LogP contribution < -0.4 is 15.4 Å². The number of nitrogens with zero attached hydrogens (tertiary/aromatic N) is 4. The van der Waals surface area contributed by atoms with Crippen molar-refractivity contribution in [3.63, 3.8) is 0 Å². The molecule has 1 amide bonds. The Morgan fingerprint density at radius 3 is 2.43 bits per heavy atom. The van der Waals surface area contributed by atoms with Gasteiger partial charge in [0.1, 0.15) is 18.2 Å². The summed E-state index contributed by atoms with van der Waals surface area (Å²) in [7, 11) is -4.31. The highest BCUT2D eigenvalue weighted by molar-refractivity contribution is 7.47. The van der Waals surface area contributed by atoms with Crippen LogP contribution >= 0.6 is 7.82 Å². The molecule has 2 aliphatic heterocycles. The third kappa shape index (κ3) is 12.9. The molecule has 2 aliphatic rings. The molecule has 17 heteroatoms. The second-order valence-electron chi connectivity index (χ2n) is 11.6. The van der Waals surface area contributed by atoms with Crippen molar-refractivity contribution in [2.45, 2.75) is 84.8 Å². The number of esters is 2. The topological polar surface area (TPSA) is 202 Å². The number of nitrogen functional groups attached to an aromatic ring is 1. The second kappa shape index (κ2) is 19.2. The maximum atomic E-state index is 12.9. The average Bonchev–Trinajstić information content (AvgIpc) is 3.34. The summed E-state index contributed by atoms with van der Waals surface area (Å²) in [6.45, 7) is 9.19. The number of amides is 1. The van der Waals surface area contributed by atoms with Crippen molar-refractivity contribution >= 4 is 37.3 Å². The molecular formula is C30H50N5O11P. The number of carbonyl (C=O) groups excluding carboxylic acids is 3. The smallest absolute Gasteiger partial charge is 0.462 e. The number of hydrogen-bond donors (Lipinski definition) is 2. The van der Waals surface area contributed by atoms with Crippen LogP contribution in [0.5, 0.6) is 6.01 Å². The van der Waals surface area contributed by atoms with E-state index in [9.17, 15) is 23.8 Å². The van der Waals surface area contributed by atoms with Crippen LogP contribution in [0.4, 0.5) is 11.6 Å². The molecule has 1 unspecified atom stereocenters. The Kier molecular flexibility index (Phi) is 15.8. The second-order valence-corrected chi connectivity index (χ2v) is 13.0. The van der Waals surface area contributed by atoms with Crippen molar-refractivity contribution in [2.24, 2.45) is 5.92 Å². The predicted octanol–water partition coefficient (Wildman–Crippen LogP) is 2.65. The number of piperidine rings is 1. The number of aromatic nitrogens is 2. The molecule has 0 bridgehead atoms. The fourth-order valence-electron chi connectivity index (χ4n) is 5.19. The molecule has 3 rings (SSSR count). The largest absolute Gasteiger partial charge is 0.472 e. The number of rotatable bonds is 21. The number of carbonyl (C=O) groups is 3. The van der Waals surface area contributed by atoms with Gasteiger partial charge in [0.05, 0.1) is 39.0 Å². The van der Waals surface area contributed by atoms with Gasteiger partial charge in [-0.15, -0.1) is 0 Å². The minimum atomic E-state index is -4.31. The van der Waals surface area contributed by atoms with E-state index in [4.69, 9.17) is 33.7 Å². The third-order valence-corrected chi connectivity index (χ3v) is 8.80. The van der Waals surface area contributed by atoms with Gasteiger partial charge in [-0.3, -0.25) is 28.3 Å². The van der Waals surface area contributed by atoms with Gasteiger partial charge in [0, 0.05) is 31.5 Å². The number of ether oxygens (including phenoxy) is 4. The van der Waals surface area contributed by atoms with E-state index in [0.29, 0.717) is 24.5 Å². The van der Waals surface area contributed by atoms with Gasteiger partial charge < -0.3 is 34.5 Å². The van der Waals surface area contributed by atoms with E-state index >= 15 is 0 Å². The van der Waals surface area contributed by atoms with Crippen molar-refractivity contribution in [3.8, 4) is 6.01 Å². The van der Waals surface area contributed by atoms with Crippen LogP contribution in [-0.2, 0) is 48.6 Å². The molecule has 0 spiro atoms. The van der Waals surface area contributed by atoms with Crippen LogP contribution in [0, 0.1) is 5.92 Å². The number of phosphoric acid groups is 1. The fourth-order valence-corrected chi connectivity index (χ4v) is 5.88. The van der Waals surface area contributed by atoms with E-state index in [2.05, 4.69) is 21.8 Å². The quantitative estimate of drug-likeness (QED) is 0.108. The van der Waals surface area contributed by atoms with E-state index in [1.165, 1.54) is 0 Å². The molecule has 0 saturated carbocycles. The first kappa shape index (κ1) is 38.6. The number of hydrogen-bond acceptors (Lipinski definition) is 14. The van der Waals surface area contributed by atoms with Crippen LogP contribution in [0.3, 0.4) is 0 Å². The minimum absolute atomic E-state index is 0.00937. The van der Waals surface area contributed by atoms with Crippen molar-refractivity contribution in [3.05, 3.63) is 5.56 Å². The SMILES string of the molecule is CCC[C@H](C)Oc1nc(N)c2c(n1)N(CC1CCN(CCOP(=O)(O)OCCOC[C@@H](COC(=O)CC)OC(=O)CC)CC1)C(=O)C2. The number of anilines is 2. The Morgan fingerprint density at radius 1 is 1.04 bits per heavy atom. The Morgan fingerprint density at radius 2 is 1.74 bits per heavy atom.